The Morgan fingerprint density at radius 3 is 2.64 bits per heavy atom. The minimum atomic E-state index is -2.54. The van der Waals surface area contributed by atoms with E-state index in [1.54, 1.807) is 14.0 Å². The fourth-order valence-electron chi connectivity index (χ4n) is 1.55. The van der Waals surface area contributed by atoms with Gasteiger partial charge in [0.1, 0.15) is 0 Å². The highest BCUT2D eigenvalue weighted by Crippen LogP contribution is 2.34. The quantitative estimate of drug-likeness (QED) is 0.746. The topological polar surface area (TPSA) is 12.0 Å². The van der Waals surface area contributed by atoms with Gasteiger partial charge in [0, 0.05) is 23.7 Å². The van der Waals surface area contributed by atoms with E-state index in [2.05, 4.69) is 5.32 Å². The second-order valence-electron chi connectivity index (χ2n) is 3.83. The zero-order chi connectivity index (χ0) is 10.8. The Kier molecular flexibility index (Phi) is 3.24. The summed E-state index contributed by atoms with van der Waals surface area (Å²) < 4.78 is 37.6. The molecular weight excluding hydrogens is 191 g/mol. The maximum atomic E-state index is 12.7. The summed E-state index contributed by atoms with van der Waals surface area (Å²) in [5.74, 6) is 0. The van der Waals surface area contributed by atoms with Gasteiger partial charge in [0.25, 0.3) is 6.43 Å². The minimum absolute atomic E-state index is 0.0965. The zero-order valence-electron chi connectivity index (χ0n) is 8.28. The lowest BCUT2D eigenvalue weighted by Gasteiger charge is -2.28. The van der Waals surface area contributed by atoms with E-state index in [0.29, 0.717) is 12.1 Å². The fourth-order valence-corrected chi connectivity index (χ4v) is 1.55. The van der Waals surface area contributed by atoms with Crippen molar-refractivity contribution in [2.45, 2.75) is 19.8 Å². The predicted molar refractivity (Wildman–Crippen MR) is 49.9 cm³/mol. The monoisotopic (exact) mass is 205 g/mol. The van der Waals surface area contributed by atoms with Crippen LogP contribution in [0.3, 0.4) is 0 Å². The van der Waals surface area contributed by atoms with E-state index in [-0.39, 0.29) is 5.57 Å². The van der Waals surface area contributed by atoms with Crippen LogP contribution in [0.5, 0.6) is 0 Å². The number of hydrogen-bond acceptors (Lipinski definition) is 1. The molecule has 1 atom stereocenters. The molecule has 1 aliphatic carbocycles. The lowest BCUT2D eigenvalue weighted by atomic mass is 9.81. The van der Waals surface area contributed by atoms with Gasteiger partial charge < -0.3 is 5.32 Å². The molecule has 0 aromatic carbocycles. The van der Waals surface area contributed by atoms with Crippen molar-refractivity contribution in [3.8, 4) is 0 Å². The van der Waals surface area contributed by atoms with Gasteiger partial charge in [-0.15, -0.1) is 0 Å². The van der Waals surface area contributed by atoms with Crippen molar-refractivity contribution in [3.05, 3.63) is 23.4 Å². The summed E-state index contributed by atoms with van der Waals surface area (Å²) in [6.07, 6.45) is 0.626. The van der Waals surface area contributed by atoms with Gasteiger partial charge in [-0.3, -0.25) is 4.39 Å². The molecule has 0 spiro atoms. The molecule has 0 aromatic rings. The van der Waals surface area contributed by atoms with Crippen LogP contribution in [0.15, 0.2) is 23.4 Å². The van der Waals surface area contributed by atoms with Gasteiger partial charge in [-0.25, -0.2) is 8.78 Å². The van der Waals surface area contributed by atoms with E-state index in [9.17, 15) is 13.2 Å². The van der Waals surface area contributed by atoms with Crippen molar-refractivity contribution in [2.75, 3.05) is 13.7 Å². The van der Waals surface area contributed by atoms with E-state index < -0.39 is 18.5 Å². The molecular formula is C10H14F3N. The Labute approximate surface area is 81.7 Å². The second-order valence-corrected chi connectivity index (χ2v) is 3.83. The normalized spacial score (nSPS) is 27.3. The number of halogens is 3. The SMILES string of the molecule is CNC1=CC(C(F)F)=C[C@@](C)(CF)C1. The first-order valence-electron chi connectivity index (χ1n) is 4.46. The third-order valence-electron chi connectivity index (χ3n) is 2.33. The van der Waals surface area contributed by atoms with Crippen LogP contribution >= 0.6 is 0 Å². The van der Waals surface area contributed by atoms with E-state index in [4.69, 9.17) is 0 Å². The van der Waals surface area contributed by atoms with Crippen LogP contribution < -0.4 is 5.32 Å². The standard InChI is InChI=1S/C10H14F3N/c1-10(6-11)4-7(9(12)13)3-8(5-10)14-2/h3-4,9,14H,5-6H2,1-2H3/t10-/m1/s1. The lowest BCUT2D eigenvalue weighted by molar-refractivity contribution is 0.187. The predicted octanol–water partition coefficient (Wildman–Crippen LogP) is 2.66. The number of rotatable bonds is 3. The van der Waals surface area contributed by atoms with Crippen LogP contribution in [-0.2, 0) is 0 Å². The molecule has 1 aliphatic rings. The molecule has 0 aromatic heterocycles. The first-order valence-corrected chi connectivity index (χ1v) is 4.46. The molecule has 1 rings (SSSR count). The van der Waals surface area contributed by atoms with E-state index in [0.717, 1.165) is 0 Å². The number of allylic oxidation sites excluding steroid dienone is 4. The van der Waals surface area contributed by atoms with Crippen molar-refractivity contribution in [3.63, 3.8) is 0 Å². The van der Waals surface area contributed by atoms with Gasteiger partial charge in [-0.05, 0) is 12.5 Å². The summed E-state index contributed by atoms with van der Waals surface area (Å²) in [6, 6.07) is 0. The summed E-state index contributed by atoms with van der Waals surface area (Å²) in [6.45, 7) is 1.02. The molecule has 0 radical (unpaired) electrons. The molecule has 14 heavy (non-hydrogen) atoms. The fraction of sp³-hybridized carbons (Fsp3) is 0.600. The Morgan fingerprint density at radius 2 is 2.21 bits per heavy atom. The summed E-state index contributed by atoms with van der Waals surface area (Å²) in [5, 5.41) is 2.80. The second kappa shape index (κ2) is 4.07. The van der Waals surface area contributed by atoms with Gasteiger partial charge >= 0.3 is 0 Å². The Balaban J connectivity index is 2.96. The highest BCUT2D eigenvalue weighted by Gasteiger charge is 2.29. The summed E-state index contributed by atoms with van der Waals surface area (Å²) >= 11 is 0. The average Bonchev–Trinajstić information content (AvgIpc) is 2.17. The van der Waals surface area contributed by atoms with Gasteiger partial charge in [-0.1, -0.05) is 13.0 Å². The van der Waals surface area contributed by atoms with Crippen molar-refractivity contribution >= 4 is 0 Å². The Morgan fingerprint density at radius 1 is 1.57 bits per heavy atom. The van der Waals surface area contributed by atoms with Crippen molar-refractivity contribution in [2.24, 2.45) is 5.41 Å². The van der Waals surface area contributed by atoms with Crippen LogP contribution in [0, 0.1) is 5.41 Å². The smallest absolute Gasteiger partial charge is 0.263 e. The maximum absolute atomic E-state index is 12.7. The molecule has 80 valence electrons. The molecule has 4 heteroatoms. The zero-order valence-corrected chi connectivity index (χ0v) is 8.28. The average molecular weight is 205 g/mol. The van der Waals surface area contributed by atoms with Gasteiger partial charge in [0.05, 0.1) is 6.67 Å². The van der Waals surface area contributed by atoms with Crippen LogP contribution in [0.2, 0.25) is 0 Å². The first-order chi connectivity index (χ1) is 6.50. The Hall–Kier alpha value is -0.930. The Bertz CT molecular complexity index is 271. The van der Waals surface area contributed by atoms with Gasteiger partial charge in [0.2, 0.25) is 0 Å². The molecule has 0 saturated carbocycles. The van der Waals surface area contributed by atoms with Crippen molar-refractivity contribution in [1.29, 1.82) is 0 Å². The summed E-state index contributed by atoms with van der Waals surface area (Å²) in [7, 11) is 1.65. The molecule has 0 saturated heterocycles. The van der Waals surface area contributed by atoms with Crippen LogP contribution in [0.25, 0.3) is 0 Å². The number of hydrogen-bond donors (Lipinski definition) is 1. The van der Waals surface area contributed by atoms with Crippen molar-refractivity contribution in [1.82, 2.24) is 5.32 Å². The lowest BCUT2D eigenvalue weighted by Crippen LogP contribution is -2.26. The van der Waals surface area contributed by atoms with Crippen LogP contribution in [-0.4, -0.2) is 20.1 Å². The molecule has 0 bridgehead atoms. The van der Waals surface area contributed by atoms with E-state index in [1.165, 1.54) is 12.2 Å². The maximum Gasteiger partial charge on any atom is 0.263 e. The van der Waals surface area contributed by atoms with Gasteiger partial charge in [-0.2, -0.15) is 0 Å². The molecule has 0 amide bonds. The molecule has 0 aliphatic heterocycles. The van der Waals surface area contributed by atoms with Gasteiger partial charge in [0.15, 0.2) is 0 Å². The first kappa shape index (κ1) is 11.1. The largest absolute Gasteiger partial charge is 0.391 e. The summed E-state index contributed by atoms with van der Waals surface area (Å²) in [5.41, 5.74) is -0.234. The van der Waals surface area contributed by atoms with E-state index >= 15 is 0 Å². The van der Waals surface area contributed by atoms with Crippen LogP contribution in [0.1, 0.15) is 13.3 Å². The van der Waals surface area contributed by atoms with Crippen molar-refractivity contribution < 1.29 is 13.2 Å². The molecule has 0 unspecified atom stereocenters. The summed E-state index contributed by atoms with van der Waals surface area (Å²) in [4.78, 5) is 0. The molecule has 1 nitrogen and oxygen atoms in total. The highest BCUT2D eigenvalue weighted by molar-refractivity contribution is 5.32. The molecule has 1 N–H and O–H groups in total. The molecule has 0 heterocycles. The number of alkyl halides is 3. The number of nitrogens with one attached hydrogen (secondary N) is 1. The van der Waals surface area contributed by atoms with Crippen LogP contribution in [0.4, 0.5) is 13.2 Å². The molecule has 0 fully saturated rings. The minimum Gasteiger partial charge on any atom is -0.391 e. The highest BCUT2D eigenvalue weighted by atomic mass is 19.3. The third-order valence-corrected chi connectivity index (χ3v) is 2.33. The third kappa shape index (κ3) is 2.30. The van der Waals surface area contributed by atoms with E-state index in [1.807, 2.05) is 0 Å².